The topological polar surface area (TPSA) is 61.0 Å². The Balaban J connectivity index is 2.24. The number of benzene rings is 1. The average molecular weight is 229 g/mol. The van der Waals surface area contributed by atoms with Gasteiger partial charge in [-0.1, -0.05) is 6.07 Å². The molecule has 4 nitrogen and oxygen atoms in total. The van der Waals surface area contributed by atoms with Crippen LogP contribution in [0.4, 0.5) is 0 Å². The highest BCUT2D eigenvalue weighted by atomic mass is 16.5. The number of aryl methyl sites for hydroxylation is 2. The van der Waals surface area contributed by atoms with Crippen LogP contribution in [0.1, 0.15) is 16.8 Å². The SMILES string of the molecule is Cc1cc(C)cc(Oc2cncc(CN)n2)c1. The van der Waals surface area contributed by atoms with E-state index in [0.29, 0.717) is 18.1 Å². The van der Waals surface area contributed by atoms with E-state index in [0.717, 1.165) is 16.9 Å². The standard InChI is InChI=1S/C13H15N3O/c1-9-3-10(2)5-12(4-9)17-13-8-15-7-11(6-14)16-13/h3-5,7-8H,6,14H2,1-2H3. The maximum atomic E-state index is 5.65. The van der Waals surface area contributed by atoms with Gasteiger partial charge in [-0.15, -0.1) is 0 Å². The molecule has 1 heterocycles. The molecular formula is C13H15N3O. The third-order valence-corrected chi connectivity index (χ3v) is 2.29. The molecule has 1 aromatic carbocycles. The number of rotatable bonds is 3. The van der Waals surface area contributed by atoms with Crippen LogP contribution >= 0.6 is 0 Å². The number of hydrogen-bond acceptors (Lipinski definition) is 4. The van der Waals surface area contributed by atoms with Gasteiger partial charge < -0.3 is 10.5 Å². The number of aromatic nitrogens is 2. The zero-order valence-corrected chi connectivity index (χ0v) is 9.97. The molecule has 0 aliphatic rings. The lowest BCUT2D eigenvalue weighted by molar-refractivity contribution is 0.457. The molecule has 2 aromatic rings. The summed E-state index contributed by atoms with van der Waals surface area (Å²) < 4.78 is 5.65. The van der Waals surface area contributed by atoms with E-state index in [1.165, 1.54) is 0 Å². The van der Waals surface area contributed by atoms with Crippen LogP contribution in [0.5, 0.6) is 11.6 Å². The van der Waals surface area contributed by atoms with Gasteiger partial charge >= 0.3 is 0 Å². The Hall–Kier alpha value is -1.94. The van der Waals surface area contributed by atoms with Gasteiger partial charge in [0.15, 0.2) is 0 Å². The quantitative estimate of drug-likeness (QED) is 0.877. The Bertz CT molecular complexity index is 506. The highest BCUT2D eigenvalue weighted by molar-refractivity contribution is 5.35. The summed E-state index contributed by atoms with van der Waals surface area (Å²) in [7, 11) is 0. The monoisotopic (exact) mass is 229 g/mol. The van der Waals surface area contributed by atoms with Crippen LogP contribution in [0, 0.1) is 13.8 Å². The van der Waals surface area contributed by atoms with Crippen molar-refractivity contribution in [2.45, 2.75) is 20.4 Å². The molecule has 0 saturated heterocycles. The summed E-state index contributed by atoms with van der Waals surface area (Å²) in [4.78, 5) is 8.27. The minimum absolute atomic E-state index is 0.358. The van der Waals surface area contributed by atoms with Crippen molar-refractivity contribution in [1.29, 1.82) is 0 Å². The number of nitrogens with two attached hydrogens (primary N) is 1. The molecule has 4 heteroatoms. The van der Waals surface area contributed by atoms with Crippen molar-refractivity contribution < 1.29 is 4.74 Å². The zero-order valence-electron chi connectivity index (χ0n) is 9.97. The smallest absolute Gasteiger partial charge is 0.238 e. The average Bonchev–Trinajstić information content (AvgIpc) is 2.28. The molecule has 0 amide bonds. The molecule has 0 aliphatic heterocycles. The normalized spacial score (nSPS) is 10.3. The van der Waals surface area contributed by atoms with E-state index >= 15 is 0 Å². The predicted molar refractivity (Wildman–Crippen MR) is 65.9 cm³/mol. The van der Waals surface area contributed by atoms with E-state index in [1.807, 2.05) is 26.0 Å². The molecule has 0 spiro atoms. The van der Waals surface area contributed by atoms with Crippen molar-refractivity contribution in [2.75, 3.05) is 0 Å². The van der Waals surface area contributed by atoms with Crippen molar-refractivity contribution in [3.05, 3.63) is 47.4 Å². The minimum Gasteiger partial charge on any atom is -0.437 e. The first-order chi connectivity index (χ1) is 8.17. The lowest BCUT2D eigenvalue weighted by Crippen LogP contribution is -2.01. The van der Waals surface area contributed by atoms with Crippen molar-refractivity contribution in [3.63, 3.8) is 0 Å². The van der Waals surface area contributed by atoms with E-state index < -0.39 is 0 Å². The Kier molecular flexibility index (Phi) is 3.35. The summed E-state index contributed by atoms with van der Waals surface area (Å²) in [6, 6.07) is 6.02. The van der Waals surface area contributed by atoms with Gasteiger partial charge in [-0.05, 0) is 37.1 Å². The molecule has 0 saturated carbocycles. The van der Waals surface area contributed by atoms with Gasteiger partial charge in [0.05, 0.1) is 11.9 Å². The third kappa shape index (κ3) is 3.01. The maximum absolute atomic E-state index is 5.65. The van der Waals surface area contributed by atoms with E-state index in [1.54, 1.807) is 12.4 Å². The van der Waals surface area contributed by atoms with E-state index in [-0.39, 0.29) is 0 Å². The Morgan fingerprint density at radius 1 is 1.12 bits per heavy atom. The first-order valence-corrected chi connectivity index (χ1v) is 5.44. The summed E-state index contributed by atoms with van der Waals surface area (Å²) >= 11 is 0. The summed E-state index contributed by atoms with van der Waals surface area (Å²) in [6.07, 6.45) is 3.21. The second kappa shape index (κ2) is 4.93. The molecule has 0 fully saturated rings. The minimum atomic E-state index is 0.358. The van der Waals surface area contributed by atoms with Gasteiger partial charge in [0.1, 0.15) is 5.75 Å². The number of ether oxygens (including phenoxy) is 1. The van der Waals surface area contributed by atoms with Gasteiger partial charge in [-0.25, -0.2) is 4.98 Å². The van der Waals surface area contributed by atoms with Crippen molar-refractivity contribution >= 4 is 0 Å². The van der Waals surface area contributed by atoms with Gasteiger partial charge in [0.2, 0.25) is 5.88 Å². The van der Waals surface area contributed by atoms with Crippen LogP contribution in [0.2, 0.25) is 0 Å². The summed E-state index contributed by atoms with van der Waals surface area (Å²) in [5.74, 6) is 1.24. The Labute approximate surface area is 100 Å². The molecule has 0 radical (unpaired) electrons. The molecule has 0 aliphatic carbocycles. The van der Waals surface area contributed by atoms with Crippen molar-refractivity contribution in [1.82, 2.24) is 9.97 Å². The largest absolute Gasteiger partial charge is 0.437 e. The molecule has 0 bridgehead atoms. The Morgan fingerprint density at radius 3 is 2.47 bits per heavy atom. The second-order valence-corrected chi connectivity index (χ2v) is 3.98. The first kappa shape index (κ1) is 11.5. The summed E-state index contributed by atoms with van der Waals surface area (Å²) in [5, 5.41) is 0. The highest BCUT2D eigenvalue weighted by Crippen LogP contribution is 2.21. The lowest BCUT2D eigenvalue weighted by Gasteiger charge is -2.07. The van der Waals surface area contributed by atoms with Crippen LogP contribution in [0.3, 0.4) is 0 Å². The fourth-order valence-electron chi connectivity index (χ4n) is 1.65. The molecule has 2 N–H and O–H groups in total. The molecule has 2 rings (SSSR count). The van der Waals surface area contributed by atoms with Crippen LogP contribution < -0.4 is 10.5 Å². The molecule has 88 valence electrons. The van der Waals surface area contributed by atoms with Crippen LogP contribution in [0.15, 0.2) is 30.6 Å². The molecular weight excluding hydrogens is 214 g/mol. The molecule has 1 aromatic heterocycles. The van der Waals surface area contributed by atoms with Gasteiger partial charge in [-0.3, -0.25) is 4.98 Å². The van der Waals surface area contributed by atoms with Gasteiger partial charge in [0.25, 0.3) is 0 Å². The molecule has 17 heavy (non-hydrogen) atoms. The van der Waals surface area contributed by atoms with Gasteiger partial charge in [0, 0.05) is 12.7 Å². The fraction of sp³-hybridized carbons (Fsp3) is 0.231. The number of nitrogens with zero attached hydrogens (tertiary/aromatic N) is 2. The fourth-order valence-corrected chi connectivity index (χ4v) is 1.65. The van der Waals surface area contributed by atoms with Crippen LogP contribution in [0.25, 0.3) is 0 Å². The summed E-state index contributed by atoms with van der Waals surface area (Å²) in [6.45, 7) is 4.42. The van der Waals surface area contributed by atoms with E-state index in [2.05, 4.69) is 16.0 Å². The predicted octanol–water partition coefficient (Wildman–Crippen LogP) is 2.34. The van der Waals surface area contributed by atoms with Crippen LogP contribution in [-0.4, -0.2) is 9.97 Å². The lowest BCUT2D eigenvalue weighted by atomic mass is 10.1. The van der Waals surface area contributed by atoms with E-state index in [4.69, 9.17) is 10.5 Å². The van der Waals surface area contributed by atoms with Crippen molar-refractivity contribution in [2.24, 2.45) is 5.73 Å². The van der Waals surface area contributed by atoms with Crippen LogP contribution in [-0.2, 0) is 6.54 Å². The molecule has 0 atom stereocenters. The zero-order chi connectivity index (χ0) is 12.3. The van der Waals surface area contributed by atoms with E-state index in [9.17, 15) is 0 Å². The molecule has 0 unspecified atom stereocenters. The summed E-state index contributed by atoms with van der Waals surface area (Å²) in [5.41, 5.74) is 8.53. The maximum Gasteiger partial charge on any atom is 0.238 e. The first-order valence-electron chi connectivity index (χ1n) is 5.44. The Morgan fingerprint density at radius 2 is 1.82 bits per heavy atom. The van der Waals surface area contributed by atoms with Gasteiger partial charge in [-0.2, -0.15) is 0 Å². The van der Waals surface area contributed by atoms with Crippen molar-refractivity contribution in [3.8, 4) is 11.6 Å². The third-order valence-electron chi connectivity index (χ3n) is 2.29. The highest BCUT2D eigenvalue weighted by Gasteiger charge is 2.02. The second-order valence-electron chi connectivity index (χ2n) is 3.98. The number of hydrogen-bond donors (Lipinski definition) is 1.